The van der Waals surface area contributed by atoms with Gasteiger partial charge in [0.25, 0.3) is 0 Å². The van der Waals surface area contributed by atoms with E-state index in [1.165, 1.54) is 6.42 Å². The molecule has 1 heterocycles. The standard InChI is InChI=1S/C10H17N3O/c1-6(11-4)9-12-8(13-14-9)7-5-10(7,2)3/h6-7,11H,5H2,1-4H3/t6-,7?/m0/s1. The van der Waals surface area contributed by atoms with E-state index in [2.05, 4.69) is 29.3 Å². The van der Waals surface area contributed by atoms with Gasteiger partial charge in [-0.05, 0) is 25.8 Å². The minimum Gasteiger partial charge on any atom is -0.338 e. The first kappa shape index (κ1) is 9.65. The molecule has 1 saturated carbocycles. The molecular weight excluding hydrogens is 178 g/mol. The Morgan fingerprint density at radius 3 is 2.71 bits per heavy atom. The molecule has 4 nitrogen and oxygen atoms in total. The van der Waals surface area contributed by atoms with Gasteiger partial charge in [0.05, 0.1) is 6.04 Å². The van der Waals surface area contributed by atoms with Crippen LogP contribution in [0.15, 0.2) is 4.52 Å². The van der Waals surface area contributed by atoms with Crippen LogP contribution in [0, 0.1) is 5.41 Å². The lowest BCUT2D eigenvalue weighted by Crippen LogP contribution is -2.12. The second-order valence-electron chi connectivity index (χ2n) is 4.75. The van der Waals surface area contributed by atoms with Crippen molar-refractivity contribution < 1.29 is 4.52 Å². The molecule has 0 saturated heterocycles. The van der Waals surface area contributed by atoms with Crippen molar-refractivity contribution in [2.24, 2.45) is 5.41 Å². The van der Waals surface area contributed by atoms with E-state index in [1.54, 1.807) is 0 Å². The SMILES string of the molecule is CN[C@@H](C)c1nc(C2CC2(C)C)no1. The fourth-order valence-corrected chi connectivity index (χ4v) is 1.60. The third-order valence-corrected chi connectivity index (χ3v) is 3.09. The second kappa shape index (κ2) is 3.05. The van der Waals surface area contributed by atoms with Gasteiger partial charge in [0, 0.05) is 5.92 Å². The molecule has 0 bridgehead atoms. The molecule has 4 heteroatoms. The van der Waals surface area contributed by atoms with Crippen LogP contribution < -0.4 is 5.32 Å². The van der Waals surface area contributed by atoms with Crippen LogP contribution in [-0.2, 0) is 0 Å². The average molecular weight is 195 g/mol. The number of hydrogen-bond acceptors (Lipinski definition) is 4. The number of nitrogens with one attached hydrogen (secondary N) is 1. The summed E-state index contributed by atoms with van der Waals surface area (Å²) in [7, 11) is 1.88. The number of hydrogen-bond donors (Lipinski definition) is 1. The van der Waals surface area contributed by atoms with Crippen LogP contribution in [0.2, 0.25) is 0 Å². The van der Waals surface area contributed by atoms with Crippen molar-refractivity contribution in [3.8, 4) is 0 Å². The highest BCUT2D eigenvalue weighted by molar-refractivity contribution is 5.14. The molecule has 0 amide bonds. The molecule has 1 N–H and O–H groups in total. The monoisotopic (exact) mass is 195 g/mol. The molecule has 1 aromatic heterocycles. The van der Waals surface area contributed by atoms with Gasteiger partial charge in [-0.2, -0.15) is 4.98 Å². The highest BCUT2D eigenvalue weighted by atomic mass is 16.5. The molecule has 2 rings (SSSR count). The van der Waals surface area contributed by atoms with Gasteiger partial charge in [0.15, 0.2) is 5.82 Å². The molecule has 1 unspecified atom stereocenters. The van der Waals surface area contributed by atoms with Crippen molar-refractivity contribution in [1.29, 1.82) is 0 Å². The van der Waals surface area contributed by atoms with Crippen molar-refractivity contribution in [3.63, 3.8) is 0 Å². The van der Waals surface area contributed by atoms with Crippen molar-refractivity contribution in [2.45, 2.75) is 39.2 Å². The van der Waals surface area contributed by atoms with Crippen LogP contribution in [-0.4, -0.2) is 17.2 Å². The normalized spacial score (nSPS) is 26.1. The fraction of sp³-hybridized carbons (Fsp3) is 0.800. The molecule has 1 aliphatic carbocycles. The van der Waals surface area contributed by atoms with Gasteiger partial charge < -0.3 is 9.84 Å². The number of aromatic nitrogens is 2. The van der Waals surface area contributed by atoms with E-state index in [0.717, 1.165) is 5.82 Å². The largest absolute Gasteiger partial charge is 0.338 e. The van der Waals surface area contributed by atoms with Crippen molar-refractivity contribution in [3.05, 3.63) is 11.7 Å². The molecule has 0 aliphatic heterocycles. The van der Waals surface area contributed by atoms with Crippen LogP contribution in [0.4, 0.5) is 0 Å². The summed E-state index contributed by atoms with van der Waals surface area (Å²) in [5, 5.41) is 7.10. The van der Waals surface area contributed by atoms with Gasteiger partial charge in [-0.25, -0.2) is 0 Å². The van der Waals surface area contributed by atoms with Crippen molar-refractivity contribution in [1.82, 2.24) is 15.5 Å². The summed E-state index contributed by atoms with van der Waals surface area (Å²) < 4.78 is 5.19. The van der Waals surface area contributed by atoms with Crippen LogP contribution in [0.3, 0.4) is 0 Å². The Bertz CT molecular complexity index is 332. The molecule has 1 fully saturated rings. The minimum absolute atomic E-state index is 0.137. The first-order valence-electron chi connectivity index (χ1n) is 5.05. The highest BCUT2D eigenvalue weighted by Gasteiger charge is 2.49. The van der Waals surface area contributed by atoms with E-state index < -0.39 is 0 Å². The molecule has 1 aromatic rings. The predicted octanol–water partition coefficient (Wildman–Crippen LogP) is 1.86. The molecule has 1 aliphatic rings. The van der Waals surface area contributed by atoms with Crippen molar-refractivity contribution in [2.75, 3.05) is 7.05 Å². The molecule has 14 heavy (non-hydrogen) atoms. The van der Waals surface area contributed by atoms with Gasteiger partial charge in [0.1, 0.15) is 0 Å². The van der Waals surface area contributed by atoms with Gasteiger partial charge in [-0.15, -0.1) is 0 Å². The maximum atomic E-state index is 5.19. The average Bonchev–Trinajstić information content (AvgIpc) is 2.64. The Kier molecular flexibility index (Phi) is 2.10. The zero-order valence-electron chi connectivity index (χ0n) is 9.16. The molecule has 0 aromatic carbocycles. The third kappa shape index (κ3) is 1.54. The molecule has 78 valence electrons. The highest BCUT2D eigenvalue weighted by Crippen LogP contribution is 2.57. The van der Waals surface area contributed by atoms with Crippen molar-refractivity contribution >= 4 is 0 Å². The third-order valence-electron chi connectivity index (χ3n) is 3.09. The molecule has 2 atom stereocenters. The first-order chi connectivity index (χ1) is 6.54. The zero-order chi connectivity index (χ0) is 10.3. The smallest absolute Gasteiger partial charge is 0.243 e. The van der Waals surface area contributed by atoms with E-state index in [0.29, 0.717) is 17.2 Å². The Labute approximate surface area is 84.1 Å². The lowest BCUT2D eigenvalue weighted by Gasteiger charge is -2.01. The number of nitrogens with zero attached hydrogens (tertiary/aromatic N) is 2. The van der Waals surface area contributed by atoms with Crippen LogP contribution in [0.5, 0.6) is 0 Å². The summed E-state index contributed by atoms with van der Waals surface area (Å²) in [5.74, 6) is 2.04. The minimum atomic E-state index is 0.137. The predicted molar refractivity (Wildman–Crippen MR) is 52.9 cm³/mol. The molecule has 0 spiro atoms. The summed E-state index contributed by atoms with van der Waals surface area (Å²) in [6.07, 6.45) is 1.17. The Morgan fingerprint density at radius 1 is 1.57 bits per heavy atom. The lowest BCUT2D eigenvalue weighted by atomic mass is 10.1. The van der Waals surface area contributed by atoms with Crippen LogP contribution in [0.25, 0.3) is 0 Å². The van der Waals surface area contributed by atoms with Gasteiger partial charge >= 0.3 is 0 Å². The maximum absolute atomic E-state index is 5.19. The van der Waals surface area contributed by atoms with Crippen LogP contribution in [0.1, 0.15) is 50.9 Å². The summed E-state index contributed by atoms with van der Waals surface area (Å²) in [6, 6.07) is 0.137. The van der Waals surface area contributed by atoms with Gasteiger partial charge in [-0.3, -0.25) is 0 Å². The zero-order valence-corrected chi connectivity index (χ0v) is 9.16. The van der Waals surface area contributed by atoms with Crippen LogP contribution >= 0.6 is 0 Å². The maximum Gasteiger partial charge on any atom is 0.243 e. The Morgan fingerprint density at radius 2 is 2.21 bits per heavy atom. The lowest BCUT2D eigenvalue weighted by molar-refractivity contribution is 0.342. The summed E-state index contributed by atoms with van der Waals surface area (Å²) in [6.45, 7) is 6.47. The summed E-state index contributed by atoms with van der Waals surface area (Å²) >= 11 is 0. The Hall–Kier alpha value is -0.900. The van der Waals surface area contributed by atoms with Gasteiger partial charge in [-0.1, -0.05) is 19.0 Å². The fourth-order valence-electron chi connectivity index (χ4n) is 1.60. The van der Waals surface area contributed by atoms with Gasteiger partial charge in [0.2, 0.25) is 5.89 Å². The second-order valence-corrected chi connectivity index (χ2v) is 4.75. The van der Waals surface area contributed by atoms with E-state index in [4.69, 9.17) is 4.52 Å². The topological polar surface area (TPSA) is 51.0 Å². The first-order valence-corrected chi connectivity index (χ1v) is 5.05. The number of rotatable bonds is 3. The summed E-state index contributed by atoms with van der Waals surface area (Å²) in [4.78, 5) is 4.40. The quantitative estimate of drug-likeness (QED) is 0.799. The molecular formula is C10H17N3O. The van der Waals surface area contributed by atoms with E-state index in [1.807, 2.05) is 14.0 Å². The molecule has 0 radical (unpaired) electrons. The van der Waals surface area contributed by atoms with E-state index >= 15 is 0 Å². The van der Waals surface area contributed by atoms with E-state index in [9.17, 15) is 0 Å². The Balaban J connectivity index is 2.11. The van der Waals surface area contributed by atoms with E-state index in [-0.39, 0.29) is 6.04 Å². The summed E-state index contributed by atoms with van der Waals surface area (Å²) in [5.41, 5.74) is 0.365.